The third kappa shape index (κ3) is 4.26. The normalized spacial score (nSPS) is 14.0. The van der Waals surface area contributed by atoms with E-state index in [4.69, 9.17) is 9.72 Å². The Labute approximate surface area is 219 Å². The molecular formula is C29H26N8O. The first-order valence-electron chi connectivity index (χ1n) is 12.9. The molecule has 0 saturated carbocycles. The van der Waals surface area contributed by atoms with Gasteiger partial charge in [0.05, 0.1) is 23.1 Å². The first-order valence-corrected chi connectivity index (χ1v) is 12.9. The molecule has 1 fully saturated rings. The van der Waals surface area contributed by atoms with Crippen LogP contribution in [-0.4, -0.2) is 66.3 Å². The topological polar surface area (TPSA) is 108 Å². The number of nitrogens with zero attached hydrogens (tertiary/aromatic N) is 6. The van der Waals surface area contributed by atoms with E-state index in [1.807, 2.05) is 48.8 Å². The molecule has 7 rings (SSSR count). The summed E-state index contributed by atoms with van der Waals surface area (Å²) in [6.07, 6.45) is 11.5. The number of H-pyrrole nitrogens is 2. The van der Waals surface area contributed by atoms with Gasteiger partial charge in [0.15, 0.2) is 0 Å². The molecule has 188 valence electrons. The second-order valence-electron chi connectivity index (χ2n) is 9.51. The number of nitrogens with one attached hydrogen (secondary N) is 2. The van der Waals surface area contributed by atoms with Gasteiger partial charge in [0.1, 0.15) is 29.2 Å². The van der Waals surface area contributed by atoms with E-state index in [1.54, 1.807) is 18.6 Å². The molecule has 9 nitrogen and oxygen atoms in total. The first-order chi connectivity index (χ1) is 18.8. The fraction of sp³-hybridized carbons (Fsp3) is 0.207. The molecule has 0 aromatic carbocycles. The van der Waals surface area contributed by atoms with Crippen molar-refractivity contribution in [1.29, 1.82) is 0 Å². The number of rotatable bonds is 7. The lowest BCUT2D eigenvalue weighted by Crippen LogP contribution is -2.25. The van der Waals surface area contributed by atoms with Gasteiger partial charge in [0.25, 0.3) is 0 Å². The van der Waals surface area contributed by atoms with Crippen LogP contribution in [-0.2, 0) is 0 Å². The van der Waals surface area contributed by atoms with Crippen LogP contribution in [0.5, 0.6) is 5.75 Å². The standard InChI is InChI=1S/C29H26N8O/c1-2-12-37(11-1)13-14-38-21-15-20(17-31-18-21)24-3-4-25-27(33-24)28(36-35-25)26-16-23-22(7-10-32-29(23)34-26)19-5-8-30-9-6-19/h3-10,15-18H,1-2,11-14H2,(H,32,34)(H,35,36). The maximum Gasteiger partial charge on any atom is 0.138 e. The molecule has 38 heavy (non-hydrogen) atoms. The number of pyridine rings is 4. The fourth-order valence-electron chi connectivity index (χ4n) is 5.12. The third-order valence-electron chi connectivity index (χ3n) is 7.07. The van der Waals surface area contributed by atoms with E-state index < -0.39 is 0 Å². The number of ether oxygens (including phenoxy) is 1. The minimum Gasteiger partial charge on any atom is -0.491 e. The molecule has 0 spiro atoms. The number of hydrogen-bond acceptors (Lipinski definition) is 7. The van der Waals surface area contributed by atoms with E-state index in [1.165, 1.54) is 12.8 Å². The molecule has 6 aromatic heterocycles. The maximum absolute atomic E-state index is 6.01. The van der Waals surface area contributed by atoms with Gasteiger partial charge in [-0.25, -0.2) is 9.97 Å². The fourth-order valence-corrected chi connectivity index (χ4v) is 5.12. The number of aromatic amines is 2. The highest BCUT2D eigenvalue weighted by molar-refractivity contribution is 5.99. The molecular weight excluding hydrogens is 476 g/mol. The summed E-state index contributed by atoms with van der Waals surface area (Å²) >= 11 is 0. The van der Waals surface area contributed by atoms with Crippen molar-refractivity contribution in [3.8, 4) is 39.5 Å². The lowest BCUT2D eigenvalue weighted by atomic mass is 10.1. The SMILES string of the molecule is c1cc(-c2ccnc3[nH]c(-c4n[nH]c5ccc(-c6cncc(OCCN7CCCC7)c6)nc45)cc23)ccn1. The van der Waals surface area contributed by atoms with Crippen LogP contribution < -0.4 is 4.74 Å². The average molecular weight is 503 g/mol. The van der Waals surface area contributed by atoms with Gasteiger partial charge in [0.2, 0.25) is 0 Å². The highest BCUT2D eigenvalue weighted by Crippen LogP contribution is 2.33. The van der Waals surface area contributed by atoms with E-state index in [0.29, 0.717) is 6.61 Å². The molecule has 0 aliphatic carbocycles. The van der Waals surface area contributed by atoms with Crippen LogP contribution in [0.4, 0.5) is 0 Å². The molecule has 1 aliphatic heterocycles. The molecule has 0 atom stereocenters. The van der Waals surface area contributed by atoms with Crippen molar-refractivity contribution in [2.45, 2.75) is 12.8 Å². The van der Waals surface area contributed by atoms with Crippen molar-refractivity contribution in [3.63, 3.8) is 0 Å². The smallest absolute Gasteiger partial charge is 0.138 e. The summed E-state index contributed by atoms with van der Waals surface area (Å²) in [5, 5.41) is 8.73. The summed E-state index contributed by atoms with van der Waals surface area (Å²) in [5.74, 6) is 0.751. The van der Waals surface area contributed by atoms with Gasteiger partial charge in [-0.2, -0.15) is 5.10 Å². The van der Waals surface area contributed by atoms with Crippen LogP contribution >= 0.6 is 0 Å². The lowest BCUT2D eigenvalue weighted by Gasteiger charge is -2.15. The van der Waals surface area contributed by atoms with Gasteiger partial charge < -0.3 is 9.72 Å². The maximum atomic E-state index is 6.01. The predicted octanol–water partition coefficient (Wildman–Crippen LogP) is 5.10. The van der Waals surface area contributed by atoms with Gasteiger partial charge in [-0.3, -0.25) is 20.0 Å². The van der Waals surface area contributed by atoms with E-state index in [9.17, 15) is 0 Å². The molecule has 1 saturated heterocycles. The monoisotopic (exact) mass is 502 g/mol. The van der Waals surface area contributed by atoms with Crippen LogP contribution in [0.15, 0.2) is 73.4 Å². The Bertz CT molecular complexity index is 1720. The largest absolute Gasteiger partial charge is 0.491 e. The van der Waals surface area contributed by atoms with Gasteiger partial charge in [-0.1, -0.05) is 0 Å². The van der Waals surface area contributed by atoms with Gasteiger partial charge in [-0.15, -0.1) is 0 Å². The second kappa shape index (κ2) is 9.68. The van der Waals surface area contributed by atoms with Crippen LogP contribution in [0.2, 0.25) is 0 Å². The molecule has 0 unspecified atom stereocenters. The summed E-state index contributed by atoms with van der Waals surface area (Å²) in [4.78, 5) is 23.9. The Balaban J connectivity index is 1.20. The molecule has 6 aromatic rings. The Morgan fingerprint density at radius 2 is 1.79 bits per heavy atom. The average Bonchev–Trinajstić information content (AvgIpc) is 3.73. The molecule has 7 heterocycles. The Hall–Kier alpha value is -4.63. The zero-order valence-corrected chi connectivity index (χ0v) is 20.8. The van der Waals surface area contributed by atoms with E-state index >= 15 is 0 Å². The summed E-state index contributed by atoms with van der Waals surface area (Å²) in [6, 6.07) is 14.1. The molecule has 0 bridgehead atoms. The lowest BCUT2D eigenvalue weighted by molar-refractivity contribution is 0.237. The van der Waals surface area contributed by atoms with Gasteiger partial charge in [-0.05, 0) is 79.5 Å². The van der Waals surface area contributed by atoms with E-state index in [2.05, 4.69) is 41.1 Å². The number of aromatic nitrogens is 7. The molecule has 0 amide bonds. The van der Waals surface area contributed by atoms with Gasteiger partial charge >= 0.3 is 0 Å². The molecule has 9 heteroatoms. The Kier molecular flexibility index (Phi) is 5.75. The van der Waals surface area contributed by atoms with Crippen molar-refractivity contribution in [2.24, 2.45) is 0 Å². The molecule has 1 aliphatic rings. The Morgan fingerprint density at radius 3 is 2.68 bits per heavy atom. The van der Waals surface area contributed by atoms with Crippen molar-refractivity contribution in [1.82, 2.24) is 40.0 Å². The van der Waals surface area contributed by atoms with Crippen molar-refractivity contribution in [3.05, 3.63) is 73.4 Å². The van der Waals surface area contributed by atoms with Crippen LogP contribution in [0.1, 0.15) is 12.8 Å². The van der Waals surface area contributed by atoms with E-state index in [0.717, 1.165) is 81.2 Å². The van der Waals surface area contributed by atoms with Crippen LogP contribution in [0.25, 0.3) is 55.8 Å². The molecule has 2 N–H and O–H groups in total. The van der Waals surface area contributed by atoms with Crippen molar-refractivity contribution in [2.75, 3.05) is 26.2 Å². The third-order valence-corrected chi connectivity index (χ3v) is 7.07. The summed E-state index contributed by atoms with van der Waals surface area (Å²) in [5.41, 5.74) is 7.90. The highest BCUT2D eigenvalue weighted by atomic mass is 16.5. The first kappa shape index (κ1) is 22.6. The minimum atomic E-state index is 0.652. The number of hydrogen-bond donors (Lipinski definition) is 2. The zero-order valence-electron chi connectivity index (χ0n) is 20.8. The summed E-state index contributed by atoms with van der Waals surface area (Å²) in [6.45, 7) is 3.92. The summed E-state index contributed by atoms with van der Waals surface area (Å²) in [7, 11) is 0. The summed E-state index contributed by atoms with van der Waals surface area (Å²) < 4.78 is 6.01. The van der Waals surface area contributed by atoms with Gasteiger partial charge in [0, 0.05) is 42.3 Å². The zero-order chi connectivity index (χ0) is 25.3. The highest BCUT2D eigenvalue weighted by Gasteiger charge is 2.16. The second-order valence-corrected chi connectivity index (χ2v) is 9.51. The van der Waals surface area contributed by atoms with E-state index in [-0.39, 0.29) is 0 Å². The van der Waals surface area contributed by atoms with Crippen LogP contribution in [0.3, 0.4) is 0 Å². The number of likely N-dealkylation sites (tertiary alicyclic amines) is 1. The molecule has 0 radical (unpaired) electrons. The number of fused-ring (bicyclic) bond motifs is 2. The minimum absolute atomic E-state index is 0.652. The predicted molar refractivity (Wildman–Crippen MR) is 147 cm³/mol. The van der Waals surface area contributed by atoms with Crippen LogP contribution in [0, 0.1) is 0 Å². The van der Waals surface area contributed by atoms with Crippen molar-refractivity contribution >= 4 is 22.1 Å². The van der Waals surface area contributed by atoms with Crippen molar-refractivity contribution < 1.29 is 4.74 Å². The Morgan fingerprint density at radius 1 is 0.895 bits per heavy atom. The quantitative estimate of drug-likeness (QED) is 0.313.